The molecule has 3 rings (SSSR count). The molecule has 0 saturated carbocycles. The molecule has 4 nitrogen and oxygen atoms in total. The number of carbonyl (C=O) groups is 2. The van der Waals surface area contributed by atoms with Crippen molar-refractivity contribution in [2.45, 2.75) is 13.0 Å². The Morgan fingerprint density at radius 3 is 2.54 bits per heavy atom. The molecule has 2 N–H and O–H groups in total. The Morgan fingerprint density at radius 2 is 1.81 bits per heavy atom. The first kappa shape index (κ1) is 17.9. The Hall–Kier alpha value is -2.92. The first-order valence-electron chi connectivity index (χ1n) is 8.40. The number of nitrogens with one attached hydrogen (secondary N) is 2. The molecule has 1 heterocycles. The maximum Gasteiger partial charge on any atom is 0.251 e. The van der Waals surface area contributed by atoms with Crippen LogP contribution in [0.3, 0.4) is 0 Å². The van der Waals surface area contributed by atoms with Crippen molar-refractivity contribution < 1.29 is 9.59 Å². The second kappa shape index (κ2) is 8.45. The van der Waals surface area contributed by atoms with Crippen LogP contribution >= 0.6 is 11.3 Å². The molecule has 0 spiro atoms. The third-order valence-electron chi connectivity index (χ3n) is 4.00. The SMILES string of the molecule is C=CC(=O)NCc1ccc(C(=O)NCCc2cc3ccccc3s2)cc1. The minimum Gasteiger partial charge on any atom is -0.352 e. The van der Waals surface area contributed by atoms with Gasteiger partial charge in [-0.1, -0.05) is 36.9 Å². The highest BCUT2D eigenvalue weighted by atomic mass is 32.1. The fourth-order valence-corrected chi connectivity index (χ4v) is 3.66. The molecule has 0 fully saturated rings. The summed E-state index contributed by atoms with van der Waals surface area (Å²) in [6, 6.07) is 17.7. The third kappa shape index (κ3) is 4.58. The van der Waals surface area contributed by atoms with Crippen molar-refractivity contribution in [1.29, 1.82) is 0 Å². The Kier molecular flexibility index (Phi) is 5.81. The van der Waals surface area contributed by atoms with Gasteiger partial charge >= 0.3 is 0 Å². The van der Waals surface area contributed by atoms with Gasteiger partial charge < -0.3 is 10.6 Å². The molecule has 0 saturated heterocycles. The van der Waals surface area contributed by atoms with Crippen LogP contribution in [0.1, 0.15) is 20.8 Å². The highest BCUT2D eigenvalue weighted by molar-refractivity contribution is 7.19. The van der Waals surface area contributed by atoms with Crippen LogP contribution in [0.4, 0.5) is 0 Å². The summed E-state index contributed by atoms with van der Waals surface area (Å²) in [5, 5.41) is 6.91. The Morgan fingerprint density at radius 1 is 1.04 bits per heavy atom. The number of hydrogen-bond donors (Lipinski definition) is 2. The first-order valence-corrected chi connectivity index (χ1v) is 9.22. The zero-order chi connectivity index (χ0) is 18.4. The molecule has 26 heavy (non-hydrogen) atoms. The summed E-state index contributed by atoms with van der Waals surface area (Å²) in [6.07, 6.45) is 2.05. The van der Waals surface area contributed by atoms with Crippen LogP contribution < -0.4 is 10.6 Å². The van der Waals surface area contributed by atoms with Crippen LogP contribution in [-0.2, 0) is 17.8 Å². The van der Waals surface area contributed by atoms with Gasteiger partial charge in [-0.2, -0.15) is 0 Å². The molecule has 0 aliphatic carbocycles. The highest BCUT2D eigenvalue weighted by Gasteiger charge is 2.06. The average molecular weight is 364 g/mol. The second-order valence-corrected chi connectivity index (χ2v) is 7.04. The molecule has 0 bridgehead atoms. The molecule has 0 unspecified atom stereocenters. The van der Waals surface area contributed by atoms with Crippen molar-refractivity contribution in [3.8, 4) is 0 Å². The molecule has 5 heteroatoms. The van der Waals surface area contributed by atoms with E-state index in [1.54, 1.807) is 23.5 Å². The van der Waals surface area contributed by atoms with Crippen LogP contribution in [0, 0.1) is 0 Å². The molecule has 0 radical (unpaired) electrons. The quantitative estimate of drug-likeness (QED) is 0.629. The molecular formula is C21H20N2O2S. The molecule has 3 aromatic rings. The number of rotatable bonds is 7. The van der Waals surface area contributed by atoms with E-state index >= 15 is 0 Å². The van der Waals surface area contributed by atoms with Crippen LogP contribution in [-0.4, -0.2) is 18.4 Å². The maximum absolute atomic E-state index is 12.2. The topological polar surface area (TPSA) is 58.2 Å². The lowest BCUT2D eigenvalue weighted by Gasteiger charge is -2.06. The van der Waals surface area contributed by atoms with Gasteiger partial charge in [0.1, 0.15) is 0 Å². The summed E-state index contributed by atoms with van der Waals surface area (Å²) >= 11 is 1.76. The molecule has 2 amide bonds. The molecule has 132 valence electrons. The second-order valence-electron chi connectivity index (χ2n) is 5.88. The van der Waals surface area contributed by atoms with E-state index in [0.717, 1.165) is 12.0 Å². The lowest BCUT2D eigenvalue weighted by molar-refractivity contribution is -0.116. The van der Waals surface area contributed by atoms with Gasteiger partial charge in [0.15, 0.2) is 0 Å². The van der Waals surface area contributed by atoms with Crippen molar-refractivity contribution in [2.24, 2.45) is 0 Å². The van der Waals surface area contributed by atoms with Crippen molar-refractivity contribution in [2.75, 3.05) is 6.54 Å². The van der Waals surface area contributed by atoms with E-state index < -0.39 is 0 Å². The van der Waals surface area contributed by atoms with Crippen LogP contribution in [0.15, 0.2) is 67.3 Å². The van der Waals surface area contributed by atoms with Gasteiger partial charge in [-0.05, 0) is 47.7 Å². The summed E-state index contributed by atoms with van der Waals surface area (Å²) in [7, 11) is 0. The Bertz CT molecular complexity index is 896. The van der Waals surface area contributed by atoms with Crippen LogP contribution in [0.25, 0.3) is 10.1 Å². The first-order chi connectivity index (χ1) is 12.7. The van der Waals surface area contributed by atoms with Gasteiger partial charge in [0.05, 0.1) is 0 Å². The molecular weight excluding hydrogens is 344 g/mol. The van der Waals surface area contributed by atoms with E-state index in [0.29, 0.717) is 18.7 Å². The lowest BCUT2D eigenvalue weighted by Crippen LogP contribution is -2.25. The van der Waals surface area contributed by atoms with E-state index in [1.165, 1.54) is 21.0 Å². The largest absolute Gasteiger partial charge is 0.352 e. The smallest absolute Gasteiger partial charge is 0.251 e. The Balaban J connectivity index is 1.49. The van der Waals surface area contributed by atoms with Gasteiger partial charge in [-0.15, -0.1) is 11.3 Å². The summed E-state index contributed by atoms with van der Waals surface area (Å²) in [5.41, 5.74) is 1.54. The van der Waals surface area contributed by atoms with Gasteiger partial charge in [-0.25, -0.2) is 0 Å². The fourth-order valence-electron chi connectivity index (χ4n) is 2.60. The van der Waals surface area contributed by atoms with Crippen molar-refractivity contribution in [3.63, 3.8) is 0 Å². The minimum atomic E-state index is -0.215. The maximum atomic E-state index is 12.2. The predicted molar refractivity (Wildman–Crippen MR) is 106 cm³/mol. The lowest BCUT2D eigenvalue weighted by atomic mass is 10.1. The zero-order valence-electron chi connectivity index (χ0n) is 14.3. The van der Waals surface area contributed by atoms with Crippen LogP contribution in [0.5, 0.6) is 0 Å². The molecule has 2 aromatic carbocycles. The van der Waals surface area contributed by atoms with Crippen molar-refractivity contribution in [1.82, 2.24) is 10.6 Å². The molecule has 0 aliphatic heterocycles. The third-order valence-corrected chi connectivity index (χ3v) is 5.18. The van der Waals surface area contributed by atoms with Gasteiger partial charge in [0.25, 0.3) is 5.91 Å². The van der Waals surface area contributed by atoms with E-state index in [2.05, 4.69) is 35.4 Å². The fraction of sp³-hybridized carbons (Fsp3) is 0.143. The van der Waals surface area contributed by atoms with E-state index in [9.17, 15) is 9.59 Å². The van der Waals surface area contributed by atoms with Crippen molar-refractivity contribution in [3.05, 3.63) is 83.3 Å². The van der Waals surface area contributed by atoms with Crippen LogP contribution in [0.2, 0.25) is 0 Å². The van der Waals surface area contributed by atoms with Gasteiger partial charge in [0.2, 0.25) is 5.91 Å². The molecule has 0 aliphatic rings. The van der Waals surface area contributed by atoms with Crippen molar-refractivity contribution >= 4 is 33.2 Å². The molecule has 1 aromatic heterocycles. The number of amides is 2. The van der Waals surface area contributed by atoms with E-state index in [4.69, 9.17) is 0 Å². The summed E-state index contributed by atoms with van der Waals surface area (Å²) in [6.45, 7) is 4.42. The number of fused-ring (bicyclic) bond motifs is 1. The predicted octanol–water partition coefficient (Wildman–Crippen LogP) is 3.68. The normalized spacial score (nSPS) is 10.5. The number of hydrogen-bond acceptors (Lipinski definition) is 3. The molecule has 0 atom stereocenters. The number of benzene rings is 2. The van der Waals surface area contributed by atoms with Gasteiger partial charge in [-0.3, -0.25) is 9.59 Å². The summed E-state index contributed by atoms with van der Waals surface area (Å²) < 4.78 is 1.27. The highest BCUT2D eigenvalue weighted by Crippen LogP contribution is 2.25. The summed E-state index contributed by atoms with van der Waals surface area (Å²) in [5.74, 6) is -0.305. The van der Waals surface area contributed by atoms with E-state index in [1.807, 2.05) is 24.3 Å². The van der Waals surface area contributed by atoms with Gasteiger partial charge in [0, 0.05) is 28.2 Å². The number of thiophene rings is 1. The Labute approximate surface area is 156 Å². The minimum absolute atomic E-state index is 0.0900. The zero-order valence-corrected chi connectivity index (χ0v) is 15.1. The summed E-state index contributed by atoms with van der Waals surface area (Å²) in [4.78, 5) is 24.7. The monoisotopic (exact) mass is 364 g/mol. The standard InChI is InChI=1S/C21H20N2O2S/c1-2-20(24)23-14-15-7-9-16(10-8-15)21(25)22-12-11-18-13-17-5-3-4-6-19(17)26-18/h2-10,13H,1,11-12,14H2,(H,22,25)(H,23,24). The van der Waals surface area contributed by atoms with E-state index in [-0.39, 0.29) is 11.8 Å². The number of carbonyl (C=O) groups excluding carboxylic acids is 2. The average Bonchev–Trinajstić information content (AvgIpc) is 3.09.